The van der Waals surface area contributed by atoms with E-state index in [0.29, 0.717) is 0 Å². The molecular formula is C20H40N2. The first-order valence-corrected chi connectivity index (χ1v) is 10.2. The second-order valence-corrected chi connectivity index (χ2v) is 8.06. The molecule has 0 aromatic rings. The Morgan fingerprint density at radius 2 is 1.82 bits per heavy atom. The lowest BCUT2D eigenvalue weighted by molar-refractivity contribution is 0.0949. The fourth-order valence-electron chi connectivity index (χ4n) is 4.43. The second kappa shape index (κ2) is 9.93. The van der Waals surface area contributed by atoms with E-state index in [9.17, 15) is 0 Å². The quantitative estimate of drug-likeness (QED) is 0.690. The Hall–Kier alpha value is -0.0800. The van der Waals surface area contributed by atoms with Gasteiger partial charge in [-0.25, -0.2) is 0 Å². The van der Waals surface area contributed by atoms with Crippen molar-refractivity contribution in [1.82, 2.24) is 10.2 Å². The molecule has 1 saturated carbocycles. The van der Waals surface area contributed by atoms with Crippen LogP contribution in [0.4, 0.5) is 0 Å². The summed E-state index contributed by atoms with van der Waals surface area (Å²) in [5.74, 6) is 1.88. The zero-order valence-corrected chi connectivity index (χ0v) is 15.4. The number of piperidine rings is 1. The first-order valence-electron chi connectivity index (χ1n) is 10.2. The second-order valence-electron chi connectivity index (χ2n) is 8.06. The van der Waals surface area contributed by atoms with Crippen LogP contribution < -0.4 is 5.32 Å². The van der Waals surface area contributed by atoms with Crippen molar-refractivity contribution in [2.75, 3.05) is 19.6 Å². The lowest BCUT2D eigenvalue weighted by Gasteiger charge is -2.42. The van der Waals surface area contributed by atoms with Crippen molar-refractivity contribution >= 4 is 0 Å². The first kappa shape index (κ1) is 18.3. The van der Waals surface area contributed by atoms with Gasteiger partial charge in [-0.2, -0.15) is 0 Å². The Bertz CT molecular complexity index is 285. The normalized spacial score (nSPS) is 29.6. The van der Waals surface area contributed by atoms with E-state index in [1.165, 1.54) is 83.8 Å². The molecule has 2 aliphatic rings. The van der Waals surface area contributed by atoms with Crippen molar-refractivity contribution in [2.45, 2.75) is 97.1 Å². The van der Waals surface area contributed by atoms with Crippen LogP contribution in [0.3, 0.4) is 0 Å². The van der Waals surface area contributed by atoms with Gasteiger partial charge in [0.1, 0.15) is 0 Å². The summed E-state index contributed by atoms with van der Waals surface area (Å²) in [6.45, 7) is 11.0. The van der Waals surface area contributed by atoms with Gasteiger partial charge >= 0.3 is 0 Å². The van der Waals surface area contributed by atoms with Gasteiger partial charge in [-0.05, 0) is 57.4 Å². The average molecular weight is 309 g/mol. The van der Waals surface area contributed by atoms with E-state index in [0.717, 1.165) is 23.9 Å². The molecule has 0 aromatic heterocycles. The monoisotopic (exact) mass is 308 g/mol. The maximum absolute atomic E-state index is 3.96. The van der Waals surface area contributed by atoms with Gasteiger partial charge < -0.3 is 5.32 Å². The zero-order valence-electron chi connectivity index (χ0n) is 15.4. The summed E-state index contributed by atoms with van der Waals surface area (Å²) in [7, 11) is 0. The van der Waals surface area contributed by atoms with Gasteiger partial charge in [-0.3, -0.25) is 4.90 Å². The number of rotatable bonds is 8. The summed E-state index contributed by atoms with van der Waals surface area (Å²) in [5, 5.41) is 3.96. The highest BCUT2D eigenvalue weighted by molar-refractivity contribution is 4.86. The number of unbranched alkanes of at least 4 members (excludes halogenated alkanes) is 1. The molecule has 2 fully saturated rings. The predicted molar refractivity (Wildman–Crippen MR) is 97.3 cm³/mol. The van der Waals surface area contributed by atoms with E-state index in [2.05, 4.69) is 31.0 Å². The summed E-state index contributed by atoms with van der Waals surface area (Å²) in [6, 6.07) is 1.50. The molecule has 0 spiro atoms. The Kier molecular flexibility index (Phi) is 8.24. The highest BCUT2D eigenvalue weighted by Crippen LogP contribution is 2.26. The standard InChI is InChI=1S/C20H40N2/c1-4-6-10-19-13-20(16-22(15-19)17(3)5-2)21-14-18-11-8-7-9-12-18/h17-21H,4-16H2,1-3H3. The minimum atomic E-state index is 0.742. The fraction of sp³-hybridized carbons (Fsp3) is 1.00. The minimum Gasteiger partial charge on any atom is -0.312 e. The van der Waals surface area contributed by atoms with E-state index in [-0.39, 0.29) is 0 Å². The molecule has 1 saturated heterocycles. The van der Waals surface area contributed by atoms with Crippen molar-refractivity contribution in [2.24, 2.45) is 11.8 Å². The molecule has 0 amide bonds. The van der Waals surface area contributed by atoms with E-state index in [4.69, 9.17) is 0 Å². The van der Waals surface area contributed by atoms with Crippen LogP contribution in [0.25, 0.3) is 0 Å². The van der Waals surface area contributed by atoms with Crippen LogP contribution in [0, 0.1) is 11.8 Å². The Labute approximate surface area is 139 Å². The van der Waals surface area contributed by atoms with E-state index in [1.54, 1.807) is 0 Å². The highest BCUT2D eigenvalue weighted by atomic mass is 15.2. The molecule has 1 aliphatic heterocycles. The summed E-state index contributed by atoms with van der Waals surface area (Å²) in [6.07, 6.45) is 14.2. The summed E-state index contributed by atoms with van der Waals surface area (Å²) in [5.41, 5.74) is 0. The summed E-state index contributed by atoms with van der Waals surface area (Å²) >= 11 is 0. The molecule has 3 unspecified atom stereocenters. The lowest BCUT2D eigenvalue weighted by atomic mass is 9.87. The van der Waals surface area contributed by atoms with Gasteiger partial charge in [-0.15, -0.1) is 0 Å². The topological polar surface area (TPSA) is 15.3 Å². The van der Waals surface area contributed by atoms with Crippen molar-refractivity contribution in [3.63, 3.8) is 0 Å². The molecule has 1 N–H and O–H groups in total. The fourth-order valence-corrected chi connectivity index (χ4v) is 4.43. The summed E-state index contributed by atoms with van der Waals surface area (Å²) in [4.78, 5) is 2.77. The smallest absolute Gasteiger partial charge is 0.0198 e. The van der Waals surface area contributed by atoms with Gasteiger partial charge in [0, 0.05) is 25.2 Å². The third-order valence-electron chi connectivity index (χ3n) is 6.17. The molecule has 0 bridgehead atoms. The molecular weight excluding hydrogens is 268 g/mol. The van der Waals surface area contributed by atoms with Gasteiger partial charge in [0.2, 0.25) is 0 Å². The third kappa shape index (κ3) is 5.85. The molecule has 130 valence electrons. The number of likely N-dealkylation sites (tertiary alicyclic amines) is 1. The molecule has 22 heavy (non-hydrogen) atoms. The average Bonchev–Trinajstić information content (AvgIpc) is 2.58. The zero-order chi connectivity index (χ0) is 15.8. The van der Waals surface area contributed by atoms with Crippen LogP contribution in [0.2, 0.25) is 0 Å². The highest BCUT2D eigenvalue weighted by Gasteiger charge is 2.29. The van der Waals surface area contributed by atoms with Crippen molar-refractivity contribution in [1.29, 1.82) is 0 Å². The Morgan fingerprint density at radius 3 is 2.50 bits per heavy atom. The van der Waals surface area contributed by atoms with Gasteiger partial charge in [0.15, 0.2) is 0 Å². The Morgan fingerprint density at radius 1 is 1.05 bits per heavy atom. The number of hydrogen-bond acceptors (Lipinski definition) is 2. The van der Waals surface area contributed by atoms with Crippen LogP contribution in [0.15, 0.2) is 0 Å². The molecule has 0 aromatic carbocycles. The van der Waals surface area contributed by atoms with E-state index < -0.39 is 0 Å². The summed E-state index contributed by atoms with van der Waals surface area (Å²) < 4.78 is 0. The van der Waals surface area contributed by atoms with E-state index in [1.807, 2.05) is 0 Å². The largest absolute Gasteiger partial charge is 0.312 e. The SMILES string of the molecule is CCCCC1CC(NCC2CCCCC2)CN(C(C)CC)C1. The Balaban J connectivity index is 1.81. The predicted octanol–water partition coefficient (Wildman–Crippen LogP) is 4.84. The molecule has 2 rings (SSSR count). The number of nitrogens with zero attached hydrogens (tertiary/aromatic N) is 1. The molecule has 2 nitrogen and oxygen atoms in total. The molecule has 0 radical (unpaired) electrons. The first-order chi connectivity index (χ1) is 10.7. The van der Waals surface area contributed by atoms with Crippen LogP contribution in [-0.2, 0) is 0 Å². The number of hydrogen-bond donors (Lipinski definition) is 1. The van der Waals surface area contributed by atoms with Gasteiger partial charge in [0.05, 0.1) is 0 Å². The molecule has 1 aliphatic carbocycles. The molecule has 1 heterocycles. The number of nitrogens with one attached hydrogen (secondary N) is 1. The van der Waals surface area contributed by atoms with Crippen molar-refractivity contribution in [3.05, 3.63) is 0 Å². The van der Waals surface area contributed by atoms with E-state index >= 15 is 0 Å². The van der Waals surface area contributed by atoms with Crippen LogP contribution >= 0.6 is 0 Å². The minimum absolute atomic E-state index is 0.742. The lowest BCUT2D eigenvalue weighted by Crippen LogP contribution is -2.52. The van der Waals surface area contributed by atoms with Crippen molar-refractivity contribution < 1.29 is 0 Å². The van der Waals surface area contributed by atoms with Crippen LogP contribution in [0.1, 0.15) is 85.0 Å². The molecule has 2 heteroatoms. The van der Waals surface area contributed by atoms with Crippen LogP contribution in [0.5, 0.6) is 0 Å². The van der Waals surface area contributed by atoms with Crippen LogP contribution in [-0.4, -0.2) is 36.6 Å². The van der Waals surface area contributed by atoms with Gasteiger partial charge in [0.25, 0.3) is 0 Å². The van der Waals surface area contributed by atoms with Crippen molar-refractivity contribution in [3.8, 4) is 0 Å². The maximum Gasteiger partial charge on any atom is 0.0198 e. The third-order valence-corrected chi connectivity index (χ3v) is 6.17. The maximum atomic E-state index is 3.96. The van der Waals surface area contributed by atoms with Gasteiger partial charge in [-0.1, -0.05) is 46.0 Å². The molecule has 3 atom stereocenters.